The molecule has 0 amide bonds. The van der Waals surface area contributed by atoms with E-state index in [-0.39, 0.29) is 0 Å². The Bertz CT molecular complexity index is 4130. The third-order valence-corrected chi connectivity index (χ3v) is 13.6. The molecule has 0 N–H and O–H groups in total. The van der Waals surface area contributed by atoms with Crippen molar-refractivity contribution < 1.29 is 8.83 Å². The molecule has 0 saturated heterocycles. The molecule has 64 heavy (non-hydrogen) atoms. The largest absolute Gasteiger partial charge is 0.456 e. The molecule has 0 unspecified atom stereocenters. The second-order valence-electron chi connectivity index (χ2n) is 17.0. The first-order chi connectivity index (χ1) is 31.7. The molecule has 2 heterocycles. The van der Waals surface area contributed by atoms with Crippen LogP contribution in [0, 0.1) is 0 Å². The standard InChI is InChI=1S/C62H36O2/c1-2-15-38(16-3-1)58-44-18-6-8-20-46(44)59(47-21-9-7-19-45(47)58)39-28-32-55-53(34-39)43-30-27-41(36-57(43)63-55)61-50-24-12-10-22-48(50)60(49-23-11-13-25-51(49)61)40-29-33-56-54(35-40)52-31-26-37-14-4-5-17-42(37)62(52)64-56/h1-36H. The first-order valence-electron chi connectivity index (χ1n) is 22.0. The molecule has 14 aromatic rings. The number of furan rings is 2. The minimum absolute atomic E-state index is 0.876. The van der Waals surface area contributed by atoms with E-state index in [1.807, 2.05) is 0 Å². The van der Waals surface area contributed by atoms with E-state index >= 15 is 0 Å². The second-order valence-corrected chi connectivity index (χ2v) is 17.0. The van der Waals surface area contributed by atoms with Gasteiger partial charge in [-0.05, 0) is 135 Å². The zero-order valence-electron chi connectivity index (χ0n) is 34.6. The fraction of sp³-hybridized carbons (Fsp3) is 0. The van der Waals surface area contributed by atoms with Gasteiger partial charge >= 0.3 is 0 Å². The number of hydrogen-bond acceptors (Lipinski definition) is 2. The Balaban J connectivity index is 0.944. The molecule has 0 radical (unpaired) electrons. The lowest BCUT2D eigenvalue weighted by Crippen LogP contribution is -1.91. The van der Waals surface area contributed by atoms with Crippen LogP contribution in [-0.4, -0.2) is 0 Å². The molecule has 0 bridgehead atoms. The quantitative estimate of drug-likeness (QED) is 0.166. The van der Waals surface area contributed by atoms with Crippen LogP contribution in [-0.2, 0) is 0 Å². The maximum Gasteiger partial charge on any atom is 0.143 e. The minimum Gasteiger partial charge on any atom is -0.456 e. The molecule has 0 saturated carbocycles. The third-order valence-electron chi connectivity index (χ3n) is 13.6. The van der Waals surface area contributed by atoms with E-state index < -0.39 is 0 Å². The van der Waals surface area contributed by atoms with E-state index in [1.54, 1.807) is 0 Å². The maximum absolute atomic E-state index is 6.76. The van der Waals surface area contributed by atoms with Gasteiger partial charge < -0.3 is 8.83 Å². The van der Waals surface area contributed by atoms with E-state index in [9.17, 15) is 0 Å². The van der Waals surface area contributed by atoms with Crippen LogP contribution in [0.2, 0.25) is 0 Å². The van der Waals surface area contributed by atoms with E-state index in [4.69, 9.17) is 8.83 Å². The van der Waals surface area contributed by atoms with E-state index in [0.29, 0.717) is 0 Å². The van der Waals surface area contributed by atoms with Gasteiger partial charge in [0.2, 0.25) is 0 Å². The molecule has 2 nitrogen and oxygen atoms in total. The topological polar surface area (TPSA) is 26.3 Å². The summed E-state index contributed by atoms with van der Waals surface area (Å²) in [6.45, 7) is 0. The first-order valence-corrected chi connectivity index (χ1v) is 22.0. The van der Waals surface area contributed by atoms with Crippen LogP contribution in [0.3, 0.4) is 0 Å². The average Bonchev–Trinajstić information content (AvgIpc) is 3.92. The monoisotopic (exact) mass is 812 g/mol. The lowest BCUT2D eigenvalue weighted by Gasteiger charge is -2.18. The highest BCUT2D eigenvalue weighted by atomic mass is 16.3. The zero-order chi connectivity index (χ0) is 41.9. The Morgan fingerprint density at radius 1 is 0.203 bits per heavy atom. The Morgan fingerprint density at radius 3 is 1.12 bits per heavy atom. The maximum atomic E-state index is 6.76. The fourth-order valence-electron chi connectivity index (χ4n) is 10.9. The summed E-state index contributed by atoms with van der Waals surface area (Å²) >= 11 is 0. The zero-order valence-corrected chi connectivity index (χ0v) is 34.6. The molecule has 0 aliphatic carbocycles. The van der Waals surface area contributed by atoms with Gasteiger partial charge in [0.1, 0.15) is 22.3 Å². The van der Waals surface area contributed by atoms with Gasteiger partial charge in [0.25, 0.3) is 0 Å². The molecule has 0 atom stereocenters. The molecule has 0 aliphatic heterocycles. The Labute approximate surface area is 367 Å². The van der Waals surface area contributed by atoms with Crippen LogP contribution >= 0.6 is 0 Å². The second kappa shape index (κ2) is 13.5. The third kappa shape index (κ3) is 5.08. The van der Waals surface area contributed by atoms with E-state index in [0.717, 1.165) is 54.8 Å². The van der Waals surface area contributed by atoms with Crippen molar-refractivity contribution in [1.29, 1.82) is 0 Å². The number of benzene rings is 12. The predicted octanol–water partition coefficient (Wildman–Crippen LogP) is 17.9. The van der Waals surface area contributed by atoms with Crippen molar-refractivity contribution in [1.82, 2.24) is 0 Å². The van der Waals surface area contributed by atoms with Crippen LogP contribution in [0.25, 0.3) is 142 Å². The molecule has 12 aromatic carbocycles. The molecular formula is C62H36O2. The molecule has 2 heteroatoms. The summed E-state index contributed by atoms with van der Waals surface area (Å²) in [4.78, 5) is 0. The van der Waals surface area contributed by atoms with Crippen molar-refractivity contribution in [3.63, 3.8) is 0 Å². The predicted molar refractivity (Wildman–Crippen MR) is 270 cm³/mol. The van der Waals surface area contributed by atoms with Gasteiger partial charge in [0.15, 0.2) is 0 Å². The van der Waals surface area contributed by atoms with Crippen LogP contribution in [0.15, 0.2) is 227 Å². The van der Waals surface area contributed by atoms with Crippen LogP contribution < -0.4 is 0 Å². The van der Waals surface area contributed by atoms with Crippen LogP contribution in [0.5, 0.6) is 0 Å². The number of hydrogen-bond donors (Lipinski definition) is 0. The van der Waals surface area contributed by atoms with Crippen molar-refractivity contribution in [2.45, 2.75) is 0 Å². The molecule has 0 aliphatic rings. The fourth-order valence-corrected chi connectivity index (χ4v) is 10.9. The summed E-state index contributed by atoms with van der Waals surface area (Å²) in [7, 11) is 0. The highest BCUT2D eigenvalue weighted by molar-refractivity contribution is 6.25. The van der Waals surface area contributed by atoms with Crippen molar-refractivity contribution >= 4 is 97.7 Å². The molecule has 2 aromatic heterocycles. The molecular weight excluding hydrogens is 777 g/mol. The van der Waals surface area contributed by atoms with Crippen LogP contribution in [0.1, 0.15) is 0 Å². The van der Waals surface area contributed by atoms with Gasteiger partial charge in [-0.25, -0.2) is 0 Å². The van der Waals surface area contributed by atoms with Crippen molar-refractivity contribution in [2.75, 3.05) is 0 Å². The number of fused-ring (bicyclic) bond motifs is 12. The Kier molecular flexibility index (Phi) is 7.43. The van der Waals surface area contributed by atoms with Crippen molar-refractivity contribution in [2.24, 2.45) is 0 Å². The van der Waals surface area contributed by atoms with Gasteiger partial charge in [-0.15, -0.1) is 0 Å². The summed E-state index contributed by atoms with van der Waals surface area (Å²) in [5.41, 5.74) is 13.2. The van der Waals surface area contributed by atoms with Crippen LogP contribution in [0.4, 0.5) is 0 Å². The molecule has 0 fully saturated rings. The Hall–Kier alpha value is -8.46. The summed E-state index contributed by atoms with van der Waals surface area (Å²) in [5, 5.41) is 16.6. The van der Waals surface area contributed by atoms with Crippen molar-refractivity contribution in [3.8, 4) is 44.5 Å². The summed E-state index contributed by atoms with van der Waals surface area (Å²) in [6.07, 6.45) is 0. The summed E-state index contributed by atoms with van der Waals surface area (Å²) in [6, 6.07) is 79.2. The van der Waals surface area contributed by atoms with Gasteiger partial charge in [-0.1, -0.05) is 176 Å². The van der Waals surface area contributed by atoms with E-state index in [1.165, 1.54) is 87.4 Å². The first kappa shape index (κ1) is 35.2. The highest BCUT2D eigenvalue weighted by Gasteiger charge is 2.21. The van der Waals surface area contributed by atoms with E-state index in [2.05, 4.69) is 218 Å². The summed E-state index contributed by atoms with van der Waals surface area (Å²) in [5.74, 6) is 0. The normalized spacial score (nSPS) is 12.1. The minimum atomic E-state index is 0.876. The van der Waals surface area contributed by atoms with Gasteiger partial charge in [-0.3, -0.25) is 0 Å². The summed E-state index contributed by atoms with van der Waals surface area (Å²) < 4.78 is 13.3. The molecule has 14 rings (SSSR count). The lowest BCUT2D eigenvalue weighted by atomic mass is 9.85. The van der Waals surface area contributed by atoms with Crippen molar-refractivity contribution in [3.05, 3.63) is 218 Å². The lowest BCUT2D eigenvalue weighted by molar-refractivity contribution is 0.669. The van der Waals surface area contributed by atoms with Gasteiger partial charge in [0, 0.05) is 26.9 Å². The number of rotatable bonds is 4. The average molecular weight is 813 g/mol. The SMILES string of the molecule is c1ccc(-c2c3ccccc3c(-c3ccc4oc5cc(-c6c7ccccc7c(-c7ccc8oc9c%10ccccc%10ccc9c8c7)c7ccccc67)ccc5c4c3)c3ccccc23)cc1. The Morgan fingerprint density at radius 2 is 0.594 bits per heavy atom. The highest BCUT2D eigenvalue weighted by Crippen LogP contribution is 2.48. The molecule has 0 spiro atoms. The van der Waals surface area contributed by atoms with Gasteiger partial charge in [-0.2, -0.15) is 0 Å². The molecule has 296 valence electrons. The smallest absolute Gasteiger partial charge is 0.143 e. The van der Waals surface area contributed by atoms with Gasteiger partial charge in [0.05, 0.1) is 0 Å².